The van der Waals surface area contributed by atoms with Gasteiger partial charge in [0.2, 0.25) is 11.9 Å². The van der Waals surface area contributed by atoms with Gasteiger partial charge in [0.25, 0.3) is 6.29 Å². The number of ether oxygens (including phenoxy) is 7. The van der Waals surface area contributed by atoms with Gasteiger partial charge in [-0.1, -0.05) is 54.6 Å². The summed E-state index contributed by atoms with van der Waals surface area (Å²) in [6.07, 6.45) is -1.31. The molecule has 44 heavy (non-hydrogen) atoms. The maximum atomic E-state index is 11.6. The Morgan fingerprint density at radius 1 is 0.682 bits per heavy atom. The van der Waals surface area contributed by atoms with Crippen molar-refractivity contribution in [3.63, 3.8) is 0 Å². The third kappa shape index (κ3) is 3.58. The van der Waals surface area contributed by atoms with Crippen molar-refractivity contribution in [2.45, 2.75) is 18.8 Å². The fourth-order valence-electron chi connectivity index (χ4n) is 6.43. The summed E-state index contributed by atoms with van der Waals surface area (Å²) < 4.78 is 48.7. The molecule has 2 aliphatic rings. The molecule has 0 fully saturated rings. The number of hydrogen-bond acceptors (Lipinski definition) is 9. The number of fused-ring (bicyclic) bond motifs is 10. The Labute approximate surface area is 252 Å². The quantitative estimate of drug-likeness (QED) is 0.200. The number of aromatic hydroxyl groups is 1. The first-order chi connectivity index (χ1) is 21.6. The van der Waals surface area contributed by atoms with E-state index in [1.54, 1.807) is 20.3 Å². The van der Waals surface area contributed by atoms with Crippen LogP contribution in [-0.4, -0.2) is 39.8 Å². The first-order valence-electron chi connectivity index (χ1n) is 14.1. The summed E-state index contributed by atoms with van der Waals surface area (Å²) in [5, 5.41) is 15.9. The van der Waals surface area contributed by atoms with Gasteiger partial charge in [-0.25, -0.2) is 0 Å². The molecule has 3 heterocycles. The molecule has 6 aromatic rings. The minimum Gasteiger partial charge on any atom is -0.504 e. The van der Waals surface area contributed by atoms with Gasteiger partial charge in [-0.3, -0.25) is 0 Å². The fraction of sp³-hybridized carbons (Fsp3) is 0.200. The van der Waals surface area contributed by atoms with E-state index >= 15 is 0 Å². The van der Waals surface area contributed by atoms with E-state index in [0.29, 0.717) is 57.0 Å². The second kappa shape index (κ2) is 9.80. The van der Waals surface area contributed by atoms with E-state index in [4.69, 9.17) is 37.6 Å². The molecule has 0 saturated carbocycles. The molecule has 0 bridgehead atoms. The Balaban J connectivity index is 1.29. The van der Waals surface area contributed by atoms with Crippen LogP contribution in [0.4, 0.5) is 0 Å². The van der Waals surface area contributed by atoms with Crippen molar-refractivity contribution in [3.05, 3.63) is 83.6 Å². The third-order valence-electron chi connectivity index (χ3n) is 8.42. The maximum Gasteiger partial charge on any atom is 0.282 e. The topological polar surface area (TPSA) is 98.0 Å². The zero-order valence-corrected chi connectivity index (χ0v) is 24.4. The first kappa shape index (κ1) is 26.2. The summed E-state index contributed by atoms with van der Waals surface area (Å²) in [6, 6.07) is 21.6. The lowest BCUT2D eigenvalue weighted by molar-refractivity contribution is -0.0745. The van der Waals surface area contributed by atoms with Gasteiger partial charge in [0, 0.05) is 28.8 Å². The molecule has 1 aromatic heterocycles. The largest absolute Gasteiger partial charge is 0.504 e. The van der Waals surface area contributed by atoms with Crippen LogP contribution in [0.5, 0.6) is 46.0 Å². The average molecular weight is 593 g/mol. The lowest BCUT2D eigenvalue weighted by Gasteiger charge is -2.30. The van der Waals surface area contributed by atoms with E-state index in [0.717, 1.165) is 27.1 Å². The molecule has 0 aliphatic carbocycles. The van der Waals surface area contributed by atoms with Crippen molar-refractivity contribution in [2.75, 3.05) is 28.4 Å². The molecule has 5 aromatic carbocycles. The smallest absolute Gasteiger partial charge is 0.282 e. The monoisotopic (exact) mass is 592 g/mol. The summed E-state index contributed by atoms with van der Waals surface area (Å²) in [7, 11) is 6.23. The number of rotatable bonds is 6. The van der Waals surface area contributed by atoms with Crippen LogP contribution in [0.3, 0.4) is 0 Å². The van der Waals surface area contributed by atoms with Gasteiger partial charge in [0.15, 0.2) is 34.3 Å². The molecule has 222 valence electrons. The predicted molar refractivity (Wildman–Crippen MR) is 163 cm³/mol. The van der Waals surface area contributed by atoms with Crippen molar-refractivity contribution in [3.8, 4) is 46.0 Å². The molecule has 0 saturated heterocycles. The highest BCUT2D eigenvalue weighted by Crippen LogP contribution is 2.60. The van der Waals surface area contributed by atoms with Crippen molar-refractivity contribution in [1.82, 2.24) is 0 Å². The average Bonchev–Trinajstić information content (AvgIpc) is 3.60. The highest BCUT2D eigenvalue weighted by molar-refractivity contribution is 6.14. The zero-order valence-electron chi connectivity index (χ0n) is 24.4. The molecule has 2 aliphatic heterocycles. The van der Waals surface area contributed by atoms with E-state index in [-0.39, 0.29) is 17.8 Å². The minimum absolute atomic E-state index is 0.0761. The molecule has 2 unspecified atom stereocenters. The second-order valence-corrected chi connectivity index (χ2v) is 10.6. The Kier molecular flexibility index (Phi) is 5.84. The van der Waals surface area contributed by atoms with Gasteiger partial charge in [0.05, 0.1) is 34.0 Å². The van der Waals surface area contributed by atoms with Crippen molar-refractivity contribution in [1.29, 1.82) is 0 Å². The van der Waals surface area contributed by atoms with Crippen LogP contribution in [0.25, 0.3) is 32.5 Å². The van der Waals surface area contributed by atoms with Crippen LogP contribution < -0.4 is 33.2 Å². The van der Waals surface area contributed by atoms with E-state index in [2.05, 4.69) is 12.1 Å². The maximum absolute atomic E-state index is 11.6. The van der Waals surface area contributed by atoms with E-state index in [1.165, 1.54) is 14.2 Å². The Hall–Kier alpha value is -5.44. The van der Waals surface area contributed by atoms with E-state index in [9.17, 15) is 5.11 Å². The fourth-order valence-corrected chi connectivity index (χ4v) is 6.43. The Morgan fingerprint density at radius 2 is 1.32 bits per heavy atom. The van der Waals surface area contributed by atoms with Crippen LogP contribution in [0.2, 0.25) is 0 Å². The van der Waals surface area contributed by atoms with Crippen LogP contribution in [0.15, 0.2) is 71.1 Å². The summed E-state index contributed by atoms with van der Waals surface area (Å²) in [5.41, 5.74) is 1.65. The molecule has 0 spiro atoms. The first-order valence-corrected chi connectivity index (χ1v) is 14.1. The molecular weight excluding hydrogens is 564 g/mol. The lowest BCUT2D eigenvalue weighted by Crippen LogP contribution is -2.33. The molecule has 0 amide bonds. The predicted octanol–water partition coefficient (Wildman–Crippen LogP) is 7.30. The summed E-state index contributed by atoms with van der Waals surface area (Å²) in [6.45, 7) is 0. The van der Waals surface area contributed by atoms with Crippen molar-refractivity contribution in [2.24, 2.45) is 0 Å². The molecule has 2 atom stereocenters. The van der Waals surface area contributed by atoms with Gasteiger partial charge in [0.1, 0.15) is 22.6 Å². The number of methoxy groups -OCH3 is 4. The van der Waals surface area contributed by atoms with Gasteiger partial charge >= 0.3 is 0 Å². The standard InChI is InChI=1S/C35H28O9/c1-37-18-14-13-17(23(16-18)38-2)15-24-27(36)25-30(39-3)26-32(34(40-4)31(25)41-24)44-35-33(26)42-28-21-11-7-5-9-19(21)20-10-6-8-12-22(20)29(28)43-35/h5-14,16,33,35-36H,15H2,1-4H3. The molecular formula is C35H28O9. The molecule has 1 N–H and O–H groups in total. The van der Waals surface area contributed by atoms with Gasteiger partial charge in [-0.2, -0.15) is 0 Å². The Morgan fingerprint density at radius 3 is 1.95 bits per heavy atom. The highest BCUT2D eigenvalue weighted by atomic mass is 16.7. The van der Waals surface area contributed by atoms with Crippen molar-refractivity contribution < 1.29 is 42.7 Å². The van der Waals surface area contributed by atoms with E-state index < -0.39 is 12.4 Å². The Bertz CT molecular complexity index is 2110. The number of furan rings is 1. The molecule has 8 rings (SSSR count). The number of hydrogen-bond donors (Lipinski definition) is 1. The molecule has 9 nitrogen and oxygen atoms in total. The lowest BCUT2D eigenvalue weighted by atomic mass is 9.98. The van der Waals surface area contributed by atoms with Crippen LogP contribution in [0, 0.1) is 0 Å². The van der Waals surface area contributed by atoms with E-state index in [1.807, 2.05) is 48.5 Å². The zero-order chi connectivity index (χ0) is 30.1. The summed E-state index contributed by atoms with van der Waals surface area (Å²) in [4.78, 5) is 0. The summed E-state index contributed by atoms with van der Waals surface area (Å²) >= 11 is 0. The third-order valence-corrected chi connectivity index (χ3v) is 8.42. The molecule has 9 heteroatoms. The van der Waals surface area contributed by atoms with Crippen LogP contribution in [-0.2, 0) is 6.42 Å². The summed E-state index contributed by atoms with van der Waals surface area (Å²) in [5.74, 6) is 3.74. The second-order valence-electron chi connectivity index (χ2n) is 10.6. The van der Waals surface area contributed by atoms with Gasteiger partial charge < -0.3 is 42.7 Å². The van der Waals surface area contributed by atoms with Crippen molar-refractivity contribution >= 4 is 32.5 Å². The molecule has 0 radical (unpaired) electrons. The normalized spacial score (nSPS) is 16.5. The van der Waals surface area contributed by atoms with Crippen LogP contribution >= 0.6 is 0 Å². The van der Waals surface area contributed by atoms with Gasteiger partial charge in [-0.15, -0.1) is 0 Å². The minimum atomic E-state index is -0.832. The highest BCUT2D eigenvalue weighted by Gasteiger charge is 2.49. The van der Waals surface area contributed by atoms with Crippen LogP contribution in [0.1, 0.15) is 23.0 Å². The van der Waals surface area contributed by atoms with Gasteiger partial charge in [-0.05, 0) is 16.8 Å². The number of benzene rings is 5. The SMILES string of the molecule is COc1ccc(Cc2oc3c(OC)c4c(c(OC)c3c2O)C2Oc3c(c5ccccc5c5ccccc35)OC2O4)c(OC)c1.